The zero-order chi connectivity index (χ0) is 14.2. The largest absolute Gasteiger partial charge is 0.468 e. The minimum atomic E-state index is -0.538. The molecular weight excluding hydrogens is 272 g/mol. The van der Waals surface area contributed by atoms with Crippen molar-refractivity contribution >= 4 is 17.6 Å². The summed E-state index contributed by atoms with van der Waals surface area (Å²) in [6, 6.07) is 17.5. The van der Waals surface area contributed by atoms with Gasteiger partial charge in [0.15, 0.2) is 0 Å². The van der Waals surface area contributed by atoms with Crippen LogP contribution in [-0.2, 0) is 14.9 Å². The van der Waals surface area contributed by atoms with E-state index in [1.165, 1.54) is 7.11 Å². The molecule has 0 unspecified atom stereocenters. The third kappa shape index (κ3) is 2.01. The fourth-order valence-corrected chi connectivity index (χ4v) is 3.07. The van der Waals surface area contributed by atoms with Crippen LogP contribution in [0.3, 0.4) is 0 Å². The molecule has 2 aromatic carbocycles. The van der Waals surface area contributed by atoms with Crippen LogP contribution in [0.15, 0.2) is 54.6 Å². The van der Waals surface area contributed by atoms with Crippen molar-refractivity contribution in [3.05, 3.63) is 70.7 Å². The van der Waals surface area contributed by atoms with Gasteiger partial charge in [-0.1, -0.05) is 54.1 Å². The first-order chi connectivity index (χ1) is 9.68. The van der Waals surface area contributed by atoms with Gasteiger partial charge < -0.3 is 4.74 Å². The number of methoxy groups -OCH3 is 1. The Kier molecular flexibility index (Phi) is 3.27. The fourth-order valence-electron chi connectivity index (χ4n) is 2.94. The molecule has 0 saturated heterocycles. The molecule has 1 aliphatic rings. The summed E-state index contributed by atoms with van der Waals surface area (Å²) in [5.41, 5.74) is 1.61. The SMILES string of the molecule is COC(=O)[C@@]1(c2ccccc2)C[C@@H]1c1ccc(Cl)cc1. The van der Waals surface area contributed by atoms with Gasteiger partial charge in [0, 0.05) is 10.9 Å². The highest BCUT2D eigenvalue weighted by Gasteiger charge is 2.62. The Morgan fingerprint density at radius 2 is 1.80 bits per heavy atom. The Morgan fingerprint density at radius 1 is 1.15 bits per heavy atom. The summed E-state index contributed by atoms with van der Waals surface area (Å²) in [4.78, 5) is 12.3. The lowest BCUT2D eigenvalue weighted by Gasteiger charge is -2.15. The summed E-state index contributed by atoms with van der Waals surface area (Å²) in [5.74, 6) is -0.00160. The second kappa shape index (κ2) is 4.95. The summed E-state index contributed by atoms with van der Waals surface area (Å²) in [6.45, 7) is 0. The van der Waals surface area contributed by atoms with E-state index in [2.05, 4.69) is 0 Å². The van der Waals surface area contributed by atoms with E-state index in [1.807, 2.05) is 54.6 Å². The summed E-state index contributed by atoms with van der Waals surface area (Å²) in [5, 5.41) is 0.706. The second-order valence-corrected chi connectivity index (χ2v) is 5.57. The third-order valence-corrected chi connectivity index (χ3v) is 4.32. The van der Waals surface area contributed by atoms with E-state index < -0.39 is 5.41 Å². The quantitative estimate of drug-likeness (QED) is 0.799. The van der Waals surface area contributed by atoms with Crippen molar-refractivity contribution in [2.45, 2.75) is 17.8 Å². The number of carbonyl (C=O) groups is 1. The van der Waals surface area contributed by atoms with Crippen LogP contribution >= 0.6 is 11.6 Å². The van der Waals surface area contributed by atoms with Crippen molar-refractivity contribution < 1.29 is 9.53 Å². The lowest BCUT2D eigenvalue weighted by Crippen LogP contribution is -2.24. The topological polar surface area (TPSA) is 26.3 Å². The van der Waals surface area contributed by atoms with E-state index in [4.69, 9.17) is 16.3 Å². The zero-order valence-electron chi connectivity index (χ0n) is 11.2. The van der Waals surface area contributed by atoms with E-state index in [1.54, 1.807) is 0 Å². The molecule has 0 radical (unpaired) electrons. The van der Waals surface area contributed by atoms with E-state index in [9.17, 15) is 4.79 Å². The van der Waals surface area contributed by atoms with Crippen LogP contribution in [-0.4, -0.2) is 13.1 Å². The number of hydrogen-bond donors (Lipinski definition) is 0. The number of ether oxygens (including phenoxy) is 1. The van der Waals surface area contributed by atoms with Gasteiger partial charge in [-0.15, -0.1) is 0 Å². The Hall–Kier alpha value is -1.80. The van der Waals surface area contributed by atoms with Crippen molar-refractivity contribution in [3.8, 4) is 0 Å². The molecule has 20 heavy (non-hydrogen) atoms. The predicted octanol–water partition coefficient (Wildman–Crippen LogP) is 3.94. The van der Waals surface area contributed by atoms with Crippen molar-refractivity contribution in [3.63, 3.8) is 0 Å². The molecule has 3 heteroatoms. The van der Waals surface area contributed by atoms with Crippen LogP contribution in [0, 0.1) is 0 Å². The number of benzene rings is 2. The molecular formula is C17H15ClO2. The van der Waals surface area contributed by atoms with Crippen LogP contribution in [0.25, 0.3) is 0 Å². The number of carbonyl (C=O) groups excluding carboxylic acids is 1. The smallest absolute Gasteiger partial charge is 0.316 e. The molecule has 0 N–H and O–H groups in total. The van der Waals surface area contributed by atoms with Gasteiger partial charge in [0.1, 0.15) is 5.41 Å². The maximum Gasteiger partial charge on any atom is 0.316 e. The summed E-state index contributed by atoms with van der Waals surface area (Å²) in [7, 11) is 1.45. The van der Waals surface area contributed by atoms with E-state index in [-0.39, 0.29) is 11.9 Å². The zero-order valence-corrected chi connectivity index (χ0v) is 11.9. The number of rotatable bonds is 3. The van der Waals surface area contributed by atoms with Gasteiger partial charge in [-0.2, -0.15) is 0 Å². The summed E-state index contributed by atoms with van der Waals surface area (Å²) in [6.07, 6.45) is 0.783. The first kappa shape index (κ1) is 13.2. The lowest BCUT2D eigenvalue weighted by molar-refractivity contribution is -0.143. The molecule has 0 aliphatic heterocycles. The van der Waals surface area contributed by atoms with Gasteiger partial charge in [0.2, 0.25) is 0 Å². The molecule has 1 aliphatic carbocycles. The monoisotopic (exact) mass is 286 g/mol. The van der Waals surface area contributed by atoms with Gasteiger partial charge in [0.05, 0.1) is 7.11 Å². The molecule has 0 amide bonds. The third-order valence-electron chi connectivity index (χ3n) is 4.07. The van der Waals surface area contributed by atoms with Crippen LogP contribution in [0.5, 0.6) is 0 Å². The average molecular weight is 287 g/mol. The molecule has 0 spiro atoms. The molecule has 1 fully saturated rings. The van der Waals surface area contributed by atoms with Gasteiger partial charge in [-0.25, -0.2) is 0 Å². The maximum absolute atomic E-state index is 12.3. The van der Waals surface area contributed by atoms with Crippen LogP contribution in [0.1, 0.15) is 23.5 Å². The van der Waals surface area contributed by atoms with E-state index in [0.29, 0.717) is 5.02 Å². The predicted molar refractivity (Wildman–Crippen MR) is 78.9 cm³/mol. The Labute approximate surface area is 123 Å². The first-order valence-electron chi connectivity index (χ1n) is 6.58. The molecule has 102 valence electrons. The normalized spacial score (nSPS) is 24.2. The fraction of sp³-hybridized carbons (Fsp3) is 0.235. The van der Waals surface area contributed by atoms with Crippen LogP contribution in [0.2, 0.25) is 5.02 Å². The second-order valence-electron chi connectivity index (χ2n) is 5.14. The van der Waals surface area contributed by atoms with Crippen molar-refractivity contribution in [1.82, 2.24) is 0 Å². The molecule has 2 atom stereocenters. The van der Waals surface area contributed by atoms with Gasteiger partial charge in [0.25, 0.3) is 0 Å². The molecule has 0 heterocycles. The Morgan fingerprint density at radius 3 is 2.40 bits per heavy atom. The standard InChI is InChI=1S/C17H15ClO2/c1-20-16(19)17(13-5-3-2-4-6-13)11-15(17)12-7-9-14(18)10-8-12/h2-10,15H,11H2,1H3/t15-,17-/m1/s1. The van der Waals surface area contributed by atoms with Crippen LogP contribution in [0.4, 0.5) is 0 Å². The molecule has 2 aromatic rings. The number of esters is 1. The lowest BCUT2D eigenvalue weighted by atomic mass is 9.91. The highest BCUT2D eigenvalue weighted by atomic mass is 35.5. The molecule has 0 aromatic heterocycles. The molecule has 2 nitrogen and oxygen atoms in total. The molecule has 0 bridgehead atoms. The highest BCUT2D eigenvalue weighted by Crippen LogP contribution is 2.61. The van der Waals surface area contributed by atoms with E-state index >= 15 is 0 Å². The van der Waals surface area contributed by atoms with Gasteiger partial charge in [-0.05, 0) is 29.7 Å². The van der Waals surface area contributed by atoms with Crippen molar-refractivity contribution in [1.29, 1.82) is 0 Å². The first-order valence-corrected chi connectivity index (χ1v) is 6.95. The minimum Gasteiger partial charge on any atom is -0.468 e. The van der Waals surface area contributed by atoms with Crippen LogP contribution < -0.4 is 0 Å². The number of halogens is 1. The highest BCUT2D eigenvalue weighted by molar-refractivity contribution is 6.30. The number of hydrogen-bond acceptors (Lipinski definition) is 2. The summed E-state index contributed by atoms with van der Waals surface area (Å²) < 4.78 is 5.04. The van der Waals surface area contributed by atoms with Crippen molar-refractivity contribution in [2.24, 2.45) is 0 Å². The molecule has 3 rings (SSSR count). The molecule has 1 saturated carbocycles. The van der Waals surface area contributed by atoms with Crippen molar-refractivity contribution in [2.75, 3.05) is 7.11 Å². The Bertz CT molecular complexity index is 621. The van der Waals surface area contributed by atoms with E-state index in [0.717, 1.165) is 17.5 Å². The Balaban J connectivity index is 1.99. The maximum atomic E-state index is 12.3. The minimum absolute atomic E-state index is 0.162. The van der Waals surface area contributed by atoms with Gasteiger partial charge in [-0.3, -0.25) is 4.79 Å². The summed E-state index contributed by atoms with van der Waals surface area (Å²) >= 11 is 5.92. The average Bonchev–Trinajstić information content (AvgIpc) is 3.25. The van der Waals surface area contributed by atoms with Gasteiger partial charge >= 0.3 is 5.97 Å².